The van der Waals surface area contributed by atoms with Crippen LogP contribution < -0.4 is 0 Å². The van der Waals surface area contributed by atoms with Gasteiger partial charge in [0.2, 0.25) is 11.8 Å². The number of hydrogen-bond donors (Lipinski definition) is 1. The van der Waals surface area contributed by atoms with E-state index in [0.29, 0.717) is 13.0 Å². The zero-order chi connectivity index (χ0) is 10.5. The molecule has 0 aromatic heterocycles. The molecule has 2 fully saturated rings. The van der Waals surface area contributed by atoms with Crippen molar-refractivity contribution < 1.29 is 19.5 Å². The minimum absolute atomic E-state index is 0.297. The number of fused-ring (bicyclic) bond motifs is 1. The topological polar surface area (TPSA) is 74.7 Å². The molecule has 76 valence electrons. The SMILES string of the molecule is CCCN1C(=O)C2C(C(=O)O)C2C1=O. The number of carboxylic acids is 1. The first-order chi connectivity index (χ1) is 6.59. The number of carbonyl (C=O) groups excluding carboxylic acids is 2. The van der Waals surface area contributed by atoms with E-state index in [-0.39, 0.29) is 11.8 Å². The van der Waals surface area contributed by atoms with E-state index in [2.05, 4.69) is 0 Å². The van der Waals surface area contributed by atoms with Crippen LogP contribution in [0, 0.1) is 17.8 Å². The van der Waals surface area contributed by atoms with E-state index in [9.17, 15) is 14.4 Å². The fraction of sp³-hybridized carbons (Fsp3) is 0.667. The average molecular weight is 197 g/mol. The summed E-state index contributed by atoms with van der Waals surface area (Å²) in [5.74, 6) is -3.50. The molecule has 0 bridgehead atoms. The highest BCUT2D eigenvalue weighted by molar-refractivity contribution is 6.13. The first-order valence-corrected chi connectivity index (χ1v) is 4.67. The molecule has 2 atom stereocenters. The Morgan fingerprint density at radius 3 is 2.21 bits per heavy atom. The number of nitrogens with zero attached hydrogens (tertiary/aromatic N) is 1. The van der Waals surface area contributed by atoms with Gasteiger partial charge in [-0.25, -0.2) is 0 Å². The van der Waals surface area contributed by atoms with Crippen molar-refractivity contribution in [2.45, 2.75) is 13.3 Å². The molecule has 0 radical (unpaired) electrons. The van der Waals surface area contributed by atoms with Crippen molar-refractivity contribution in [2.75, 3.05) is 6.54 Å². The summed E-state index contributed by atoms with van der Waals surface area (Å²) in [5, 5.41) is 8.69. The number of carbonyl (C=O) groups is 3. The van der Waals surface area contributed by atoms with Crippen molar-refractivity contribution in [3.63, 3.8) is 0 Å². The highest BCUT2D eigenvalue weighted by atomic mass is 16.4. The molecule has 1 aliphatic carbocycles. The molecule has 1 heterocycles. The summed E-state index contributed by atoms with van der Waals surface area (Å²) in [7, 11) is 0. The van der Waals surface area contributed by atoms with Gasteiger partial charge in [0, 0.05) is 6.54 Å². The fourth-order valence-corrected chi connectivity index (χ4v) is 2.15. The van der Waals surface area contributed by atoms with Gasteiger partial charge in [0.15, 0.2) is 0 Å². The molecule has 5 nitrogen and oxygen atoms in total. The first kappa shape index (κ1) is 9.18. The second kappa shape index (κ2) is 2.80. The largest absolute Gasteiger partial charge is 0.481 e. The van der Waals surface area contributed by atoms with E-state index in [0.717, 1.165) is 0 Å². The molecular weight excluding hydrogens is 186 g/mol. The zero-order valence-corrected chi connectivity index (χ0v) is 7.77. The monoisotopic (exact) mass is 197 g/mol. The van der Waals surface area contributed by atoms with Crippen molar-refractivity contribution >= 4 is 17.8 Å². The Morgan fingerprint density at radius 1 is 1.36 bits per heavy atom. The van der Waals surface area contributed by atoms with E-state index < -0.39 is 23.7 Å². The molecule has 0 spiro atoms. The quantitative estimate of drug-likeness (QED) is 0.631. The second-order valence-corrected chi connectivity index (χ2v) is 3.74. The van der Waals surface area contributed by atoms with E-state index in [1.165, 1.54) is 4.90 Å². The van der Waals surface area contributed by atoms with Gasteiger partial charge in [0.1, 0.15) is 0 Å². The van der Waals surface area contributed by atoms with Crippen molar-refractivity contribution in [2.24, 2.45) is 17.8 Å². The van der Waals surface area contributed by atoms with E-state index in [1.54, 1.807) is 0 Å². The molecule has 0 aromatic rings. The predicted octanol–water partition coefficient (Wildman–Crippen LogP) is -0.288. The summed E-state index contributed by atoms with van der Waals surface area (Å²) in [6, 6.07) is 0. The van der Waals surface area contributed by atoms with Gasteiger partial charge in [-0.1, -0.05) is 6.92 Å². The third kappa shape index (κ3) is 0.981. The van der Waals surface area contributed by atoms with Crippen LogP contribution in [-0.4, -0.2) is 34.3 Å². The minimum Gasteiger partial charge on any atom is -0.481 e. The van der Waals surface area contributed by atoms with Crippen LogP contribution in [0.2, 0.25) is 0 Å². The third-order valence-corrected chi connectivity index (χ3v) is 2.85. The molecule has 1 saturated heterocycles. The molecule has 0 aromatic carbocycles. The van der Waals surface area contributed by atoms with Crippen LogP contribution in [0.4, 0.5) is 0 Å². The molecule has 1 N–H and O–H groups in total. The Labute approximate surface area is 80.7 Å². The van der Waals surface area contributed by atoms with Gasteiger partial charge in [-0.15, -0.1) is 0 Å². The Hall–Kier alpha value is -1.39. The average Bonchev–Trinajstić information content (AvgIpc) is 2.81. The molecule has 1 aliphatic heterocycles. The van der Waals surface area contributed by atoms with E-state index in [1.807, 2.05) is 6.92 Å². The standard InChI is InChI=1S/C9H11NO4/c1-2-3-10-7(11)4-5(8(10)12)6(4)9(13)14/h4-6H,2-3H2,1H3,(H,13,14). The summed E-state index contributed by atoms with van der Waals surface area (Å²) < 4.78 is 0. The van der Waals surface area contributed by atoms with Crippen LogP contribution in [0.3, 0.4) is 0 Å². The van der Waals surface area contributed by atoms with Gasteiger partial charge in [-0.2, -0.15) is 0 Å². The van der Waals surface area contributed by atoms with Crippen molar-refractivity contribution in [3.8, 4) is 0 Å². The lowest BCUT2D eigenvalue weighted by Gasteiger charge is -2.15. The highest BCUT2D eigenvalue weighted by Gasteiger charge is 2.70. The van der Waals surface area contributed by atoms with Crippen LogP contribution in [0.1, 0.15) is 13.3 Å². The molecule has 2 rings (SSSR count). The fourth-order valence-electron chi connectivity index (χ4n) is 2.15. The smallest absolute Gasteiger partial charge is 0.308 e. The number of hydrogen-bond acceptors (Lipinski definition) is 3. The number of aliphatic carboxylic acids is 1. The minimum atomic E-state index is -1.03. The Bertz CT molecular complexity index is 303. The van der Waals surface area contributed by atoms with Crippen LogP contribution in [-0.2, 0) is 14.4 Å². The number of piperidine rings is 1. The molecular formula is C9H11NO4. The third-order valence-electron chi connectivity index (χ3n) is 2.85. The van der Waals surface area contributed by atoms with Gasteiger partial charge < -0.3 is 5.11 Å². The summed E-state index contributed by atoms with van der Waals surface area (Å²) in [4.78, 5) is 34.8. The lowest BCUT2D eigenvalue weighted by atomic mass is 10.2. The van der Waals surface area contributed by atoms with Gasteiger partial charge in [0.05, 0.1) is 17.8 Å². The van der Waals surface area contributed by atoms with Crippen molar-refractivity contribution in [3.05, 3.63) is 0 Å². The Kier molecular flexibility index (Phi) is 1.83. The first-order valence-electron chi connectivity index (χ1n) is 4.67. The molecule has 2 aliphatic rings. The van der Waals surface area contributed by atoms with Crippen LogP contribution in [0.15, 0.2) is 0 Å². The maximum absolute atomic E-state index is 11.5. The number of rotatable bonds is 3. The van der Waals surface area contributed by atoms with Gasteiger partial charge >= 0.3 is 5.97 Å². The van der Waals surface area contributed by atoms with Gasteiger partial charge in [-0.05, 0) is 6.42 Å². The van der Waals surface area contributed by atoms with Gasteiger partial charge in [0.25, 0.3) is 0 Å². The summed E-state index contributed by atoms with van der Waals surface area (Å²) in [5.41, 5.74) is 0. The van der Waals surface area contributed by atoms with Gasteiger partial charge in [-0.3, -0.25) is 19.3 Å². The van der Waals surface area contributed by atoms with E-state index >= 15 is 0 Å². The second-order valence-electron chi connectivity index (χ2n) is 3.74. The maximum Gasteiger partial charge on any atom is 0.308 e. The Morgan fingerprint density at radius 2 is 1.86 bits per heavy atom. The number of amides is 2. The normalized spacial score (nSPS) is 34.6. The number of imide groups is 1. The lowest BCUT2D eigenvalue weighted by Crippen LogP contribution is -2.36. The molecule has 2 unspecified atom stereocenters. The predicted molar refractivity (Wildman–Crippen MR) is 45.1 cm³/mol. The molecule has 14 heavy (non-hydrogen) atoms. The number of carboxylic acid groups (broad SMARTS) is 1. The highest BCUT2D eigenvalue weighted by Crippen LogP contribution is 2.53. The molecule has 5 heteroatoms. The van der Waals surface area contributed by atoms with E-state index in [4.69, 9.17) is 5.11 Å². The summed E-state index contributed by atoms with van der Waals surface area (Å²) >= 11 is 0. The summed E-state index contributed by atoms with van der Waals surface area (Å²) in [6.07, 6.45) is 0.717. The lowest BCUT2D eigenvalue weighted by molar-refractivity contribution is -0.148. The van der Waals surface area contributed by atoms with Crippen LogP contribution in [0.5, 0.6) is 0 Å². The summed E-state index contributed by atoms with van der Waals surface area (Å²) in [6.45, 7) is 2.29. The molecule has 1 saturated carbocycles. The van der Waals surface area contributed by atoms with Crippen molar-refractivity contribution in [1.82, 2.24) is 4.90 Å². The van der Waals surface area contributed by atoms with Crippen LogP contribution >= 0.6 is 0 Å². The zero-order valence-electron chi connectivity index (χ0n) is 7.77. The molecule has 2 amide bonds. The van der Waals surface area contributed by atoms with Crippen LogP contribution in [0.25, 0.3) is 0 Å². The Balaban J connectivity index is 2.13. The number of likely N-dealkylation sites (tertiary alicyclic amines) is 1. The van der Waals surface area contributed by atoms with Crippen molar-refractivity contribution in [1.29, 1.82) is 0 Å². The maximum atomic E-state index is 11.5.